The molecule has 2 aliphatic rings. The molecule has 0 saturated carbocycles. The summed E-state index contributed by atoms with van der Waals surface area (Å²) in [6, 6.07) is 0. The summed E-state index contributed by atoms with van der Waals surface area (Å²) in [4.78, 5) is 0. The van der Waals surface area contributed by atoms with Crippen LogP contribution in [0, 0.1) is 11.8 Å². The summed E-state index contributed by atoms with van der Waals surface area (Å²) in [5, 5.41) is 0. The van der Waals surface area contributed by atoms with Crippen LogP contribution in [0.1, 0.15) is 26.7 Å². The molecule has 0 saturated heterocycles. The Labute approximate surface area is 74.7 Å². The largest absolute Gasteiger partial charge is 0.0876 e. The Morgan fingerprint density at radius 2 is 2.00 bits per heavy atom. The summed E-state index contributed by atoms with van der Waals surface area (Å²) in [6.07, 6.45) is 11.9. The van der Waals surface area contributed by atoms with Gasteiger partial charge in [0.2, 0.25) is 0 Å². The summed E-state index contributed by atoms with van der Waals surface area (Å²) in [5.41, 5.74) is 3.03. The first-order valence-corrected chi connectivity index (χ1v) is 4.79. The highest BCUT2D eigenvalue weighted by molar-refractivity contribution is 5.35. The summed E-state index contributed by atoms with van der Waals surface area (Å²) in [7, 11) is 0. The average molecular weight is 160 g/mol. The molecule has 0 heterocycles. The van der Waals surface area contributed by atoms with Crippen LogP contribution in [-0.2, 0) is 0 Å². The highest BCUT2D eigenvalue weighted by Gasteiger charge is 2.26. The maximum Gasteiger partial charge on any atom is 0.00513 e. The second-order valence-electron chi connectivity index (χ2n) is 4.04. The lowest BCUT2D eigenvalue weighted by atomic mass is 9.80. The Balaban J connectivity index is 2.35. The van der Waals surface area contributed by atoms with Crippen LogP contribution in [0.15, 0.2) is 35.5 Å². The molecule has 0 aromatic heterocycles. The minimum atomic E-state index is 0.736. The number of hydrogen-bond acceptors (Lipinski definition) is 0. The van der Waals surface area contributed by atoms with Crippen LogP contribution in [0.25, 0.3) is 0 Å². The lowest BCUT2D eigenvalue weighted by Crippen LogP contribution is -2.13. The summed E-state index contributed by atoms with van der Waals surface area (Å²) < 4.78 is 0. The lowest BCUT2D eigenvalue weighted by molar-refractivity contribution is 0.468. The van der Waals surface area contributed by atoms with Crippen LogP contribution in [0.4, 0.5) is 0 Å². The van der Waals surface area contributed by atoms with E-state index in [1.165, 1.54) is 18.4 Å². The van der Waals surface area contributed by atoms with Crippen molar-refractivity contribution in [3.63, 3.8) is 0 Å². The predicted molar refractivity (Wildman–Crippen MR) is 52.9 cm³/mol. The van der Waals surface area contributed by atoms with Crippen LogP contribution in [0.5, 0.6) is 0 Å². The van der Waals surface area contributed by atoms with E-state index in [2.05, 4.69) is 38.2 Å². The predicted octanol–water partition coefficient (Wildman–Crippen LogP) is 3.48. The zero-order valence-corrected chi connectivity index (χ0v) is 7.88. The van der Waals surface area contributed by atoms with E-state index < -0.39 is 0 Å². The molecule has 0 nitrogen and oxygen atoms in total. The first-order chi connectivity index (χ1) is 5.79. The van der Waals surface area contributed by atoms with E-state index in [0.29, 0.717) is 0 Å². The topological polar surface area (TPSA) is 0 Å². The Morgan fingerprint density at radius 3 is 2.75 bits per heavy atom. The van der Waals surface area contributed by atoms with Gasteiger partial charge in [0, 0.05) is 5.92 Å². The molecule has 12 heavy (non-hydrogen) atoms. The quantitative estimate of drug-likeness (QED) is 0.476. The van der Waals surface area contributed by atoms with Crippen molar-refractivity contribution in [2.75, 3.05) is 0 Å². The first-order valence-electron chi connectivity index (χ1n) is 4.79. The van der Waals surface area contributed by atoms with Crippen molar-refractivity contribution in [3.05, 3.63) is 35.5 Å². The van der Waals surface area contributed by atoms with Crippen molar-refractivity contribution in [3.8, 4) is 0 Å². The van der Waals surface area contributed by atoms with E-state index in [1.807, 2.05) is 0 Å². The van der Waals surface area contributed by atoms with E-state index in [4.69, 9.17) is 0 Å². The third-order valence-corrected chi connectivity index (χ3v) is 2.96. The second kappa shape index (κ2) is 2.93. The lowest BCUT2D eigenvalue weighted by Gasteiger charge is -2.24. The number of fused-ring (bicyclic) bond motifs is 1. The van der Waals surface area contributed by atoms with E-state index in [-0.39, 0.29) is 0 Å². The van der Waals surface area contributed by atoms with Crippen molar-refractivity contribution in [2.45, 2.75) is 26.7 Å². The molecule has 0 aliphatic heterocycles. The van der Waals surface area contributed by atoms with Crippen LogP contribution in [-0.4, -0.2) is 0 Å². The smallest absolute Gasteiger partial charge is 0.00513 e. The maximum atomic E-state index is 2.39. The van der Waals surface area contributed by atoms with Gasteiger partial charge in [-0.1, -0.05) is 29.9 Å². The minimum Gasteiger partial charge on any atom is -0.0876 e. The number of hydrogen-bond donors (Lipinski definition) is 0. The van der Waals surface area contributed by atoms with Gasteiger partial charge in [-0.2, -0.15) is 0 Å². The van der Waals surface area contributed by atoms with E-state index in [0.717, 1.165) is 11.8 Å². The van der Waals surface area contributed by atoms with Gasteiger partial charge in [0.25, 0.3) is 0 Å². The monoisotopic (exact) mass is 160 g/mol. The molecule has 0 amide bonds. The molecule has 2 atom stereocenters. The van der Waals surface area contributed by atoms with Gasteiger partial charge in [-0.05, 0) is 38.2 Å². The van der Waals surface area contributed by atoms with Gasteiger partial charge in [-0.15, -0.1) is 0 Å². The van der Waals surface area contributed by atoms with Crippen LogP contribution >= 0.6 is 0 Å². The van der Waals surface area contributed by atoms with Gasteiger partial charge in [0.1, 0.15) is 0 Å². The van der Waals surface area contributed by atoms with E-state index in [9.17, 15) is 0 Å². The van der Waals surface area contributed by atoms with Crippen LogP contribution in [0.3, 0.4) is 0 Å². The fraction of sp³-hybridized carbons (Fsp3) is 0.500. The highest BCUT2D eigenvalue weighted by atomic mass is 14.3. The molecule has 0 fully saturated rings. The van der Waals surface area contributed by atoms with Crippen LogP contribution < -0.4 is 0 Å². The van der Waals surface area contributed by atoms with Crippen molar-refractivity contribution >= 4 is 0 Å². The Bertz CT molecular complexity index is 262. The third-order valence-electron chi connectivity index (χ3n) is 2.96. The van der Waals surface area contributed by atoms with Gasteiger partial charge in [0.15, 0.2) is 0 Å². The summed E-state index contributed by atoms with van der Waals surface area (Å²) in [6.45, 7) is 4.43. The molecule has 2 aliphatic carbocycles. The van der Waals surface area contributed by atoms with Gasteiger partial charge in [-0.3, -0.25) is 0 Å². The van der Waals surface area contributed by atoms with Crippen LogP contribution in [0.2, 0.25) is 0 Å². The molecule has 0 bridgehead atoms. The standard InChI is InChI=1S/C12H16/c1-9(2)11-7-3-5-10-6-4-8-12(10)11/h3-4,7-8,10,12H,5-6H2,1-2H3. The molecule has 0 radical (unpaired) electrons. The molecular formula is C12H16. The van der Waals surface area contributed by atoms with E-state index in [1.54, 1.807) is 5.57 Å². The molecule has 0 heteroatoms. The Hall–Kier alpha value is -0.780. The van der Waals surface area contributed by atoms with Crippen molar-refractivity contribution < 1.29 is 0 Å². The molecule has 0 N–H and O–H groups in total. The Morgan fingerprint density at radius 1 is 1.25 bits per heavy atom. The summed E-state index contributed by atoms with van der Waals surface area (Å²) in [5.74, 6) is 1.61. The van der Waals surface area contributed by atoms with E-state index >= 15 is 0 Å². The SMILES string of the molecule is CC(C)=C1C=CCC2CC=CC12. The second-order valence-corrected chi connectivity index (χ2v) is 4.04. The fourth-order valence-corrected chi connectivity index (χ4v) is 2.29. The van der Waals surface area contributed by atoms with Gasteiger partial charge >= 0.3 is 0 Å². The highest BCUT2D eigenvalue weighted by Crippen LogP contribution is 2.38. The Kier molecular flexibility index (Phi) is 1.92. The third kappa shape index (κ3) is 1.16. The molecule has 0 aromatic rings. The number of allylic oxidation sites excluding steroid dienone is 6. The van der Waals surface area contributed by atoms with Crippen molar-refractivity contribution in [2.24, 2.45) is 11.8 Å². The van der Waals surface area contributed by atoms with Gasteiger partial charge in [0.05, 0.1) is 0 Å². The minimum absolute atomic E-state index is 0.736. The van der Waals surface area contributed by atoms with Gasteiger partial charge in [-0.25, -0.2) is 0 Å². The zero-order valence-electron chi connectivity index (χ0n) is 7.88. The molecule has 2 rings (SSSR count). The van der Waals surface area contributed by atoms with Gasteiger partial charge < -0.3 is 0 Å². The van der Waals surface area contributed by atoms with Crippen molar-refractivity contribution in [1.82, 2.24) is 0 Å². The van der Waals surface area contributed by atoms with Crippen molar-refractivity contribution in [1.29, 1.82) is 0 Å². The molecule has 64 valence electrons. The molecule has 0 aromatic carbocycles. The molecular weight excluding hydrogens is 144 g/mol. The first kappa shape index (κ1) is 7.85. The number of rotatable bonds is 0. The fourth-order valence-electron chi connectivity index (χ4n) is 2.29. The normalized spacial score (nSPS) is 32.3. The maximum absolute atomic E-state index is 2.39. The zero-order chi connectivity index (χ0) is 8.55. The average Bonchev–Trinajstić information content (AvgIpc) is 2.49. The molecule has 2 unspecified atom stereocenters. The molecule has 0 spiro atoms. The summed E-state index contributed by atoms with van der Waals surface area (Å²) >= 11 is 0.